The van der Waals surface area contributed by atoms with E-state index >= 15 is 0 Å². The van der Waals surface area contributed by atoms with Gasteiger partial charge in [0, 0.05) is 12.1 Å². The Balaban J connectivity index is 1.44. The molecule has 0 fully saturated rings. The molecule has 8 nitrogen and oxygen atoms in total. The van der Waals surface area contributed by atoms with Crippen LogP contribution in [0.1, 0.15) is 27.0 Å². The van der Waals surface area contributed by atoms with Crippen LogP contribution in [0, 0.1) is 0 Å². The number of Topliss-reactive ketones (excluding diaryl/α,β-unsaturated/α-hetero) is 1. The Morgan fingerprint density at radius 3 is 2.41 bits per heavy atom. The maximum atomic E-state index is 13.1. The molecule has 0 aliphatic rings. The molecule has 11 heteroatoms. The van der Waals surface area contributed by atoms with Crippen molar-refractivity contribution >= 4 is 11.7 Å². The lowest BCUT2D eigenvalue weighted by Crippen LogP contribution is -2.45. The summed E-state index contributed by atoms with van der Waals surface area (Å²) in [4.78, 5) is 26.1. The van der Waals surface area contributed by atoms with E-state index in [-0.39, 0.29) is 25.3 Å². The fourth-order valence-electron chi connectivity index (χ4n) is 3.72. The molecule has 0 saturated carbocycles. The maximum absolute atomic E-state index is 13.1. The Kier molecular flexibility index (Phi) is 8.04. The average Bonchev–Trinajstić information content (AvgIpc) is 3.44. The summed E-state index contributed by atoms with van der Waals surface area (Å²) in [5.74, 6) is -0.761. The Hall–Kier alpha value is -4.38. The lowest BCUT2D eigenvalue weighted by molar-refractivity contribution is -0.137. The molecular formula is C26H23F3N6O2. The average molecular weight is 509 g/mol. The van der Waals surface area contributed by atoms with Crippen molar-refractivity contribution in [3.8, 4) is 5.69 Å². The van der Waals surface area contributed by atoms with Crippen LogP contribution in [-0.2, 0) is 23.9 Å². The third kappa shape index (κ3) is 7.07. The first kappa shape index (κ1) is 25.7. The van der Waals surface area contributed by atoms with E-state index in [0.717, 1.165) is 17.7 Å². The van der Waals surface area contributed by atoms with Gasteiger partial charge in [-0.2, -0.15) is 13.2 Å². The quantitative estimate of drug-likeness (QED) is 0.341. The monoisotopic (exact) mass is 508 g/mol. The highest BCUT2D eigenvalue weighted by Gasteiger charge is 2.30. The van der Waals surface area contributed by atoms with Crippen LogP contribution in [0.15, 0.2) is 85.2 Å². The van der Waals surface area contributed by atoms with E-state index in [0.29, 0.717) is 16.8 Å². The zero-order valence-corrected chi connectivity index (χ0v) is 19.5. The number of rotatable bonds is 10. The number of tetrazole rings is 1. The molecule has 190 valence electrons. The van der Waals surface area contributed by atoms with E-state index in [1.165, 1.54) is 17.1 Å². The first-order valence-corrected chi connectivity index (χ1v) is 11.4. The molecule has 1 heterocycles. The lowest BCUT2D eigenvalue weighted by Gasteiger charge is -2.19. The van der Waals surface area contributed by atoms with E-state index in [1.807, 2.05) is 30.3 Å². The summed E-state index contributed by atoms with van der Waals surface area (Å²) in [5.41, 5.74) is 1.38. The van der Waals surface area contributed by atoms with Gasteiger partial charge in [0.15, 0.2) is 5.78 Å². The van der Waals surface area contributed by atoms with E-state index in [2.05, 4.69) is 26.2 Å². The minimum absolute atomic E-state index is 0.0651. The normalized spacial score (nSPS) is 12.2. The van der Waals surface area contributed by atoms with Gasteiger partial charge in [-0.15, -0.1) is 5.10 Å². The Morgan fingerprint density at radius 2 is 1.68 bits per heavy atom. The number of aromatic nitrogens is 4. The predicted octanol–water partition coefficient (Wildman–Crippen LogP) is 3.38. The lowest BCUT2D eigenvalue weighted by atomic mass is 10.0. The van der Waals surface area contributed by atoms with Crippen LogP contribution in [0.2, 0.25) is 0 Å². The molecule has 1 aromatic heterocycles. The van der Waals surface area contributed by atoms with Gasteiger partial charge in [0.1, 0.15) is 6.33 Å². The van der Waals surface area contributed by atoms with Crippen LogP contribution in [0.3, 0.4) is 0 Å². The van der Waals surface area contributed by atoms with Crippen LogP contribution in [0.25, 0.3) is 5.69 Å². The topological polar surface area (TPSA) is 102 Å². The third-order valence-electron chi connectivity index (χ3n) is 5.58. The van der Waals surface area contributed by atoms with Crippen LogP contribution >= 0.6 is 0 Å². The highest BCUT2D eigenvalue weighted by molar-refractivity contribution is 5.98. The SMILES string of the molecule is O=C(N[C@@H](Cc1ccccc1)C(=O)CNCc1cccc(C(F)(F)F)c1)c1cccc(-n2cnnn2)c1. The molecule has 4 aromatic rings. The third-order valence-corrected chi connectivity index (χ3v) is 5.58. The van der Waals surface area contributed by atoms with Crippen LogP contribution < -0.4 is 10.6 Å². The Bertz CT molecular complexity index is 1340. The van der Waals surface area contributed by atoms with Crippen molar-refractivity contribution in [2.45, 2.75) is 25.2 Å². The second kappa shape index (κ2) is 11.6. The summed E-state index contributed by atoms with van der Waals surface area (Å²) in [6, 6.07) is 19.9. The van der Waals surface area contributed by atoms with Crippen molar-refractivity contribution in [2.75, 3.05) is 6.54 Å². The van der Waals surface area contributed by atoms with Gasteiger partial charge in [-0.1, -0.05) is 54.6 Å². The zero-order valence-electron chi connectivity index (χ0n) is 19.5. The van der Waals surface area contributed by atoms with Crippen molar-refractivity contribution in [2.24, 2.45) is 0 Å². The van der Waals surface area contributed by atoms with E-state index in [9.17, 15) is 22.8 Å². The molecule has 0 aliphatic heterocycles. The van der Waals surface area contributed by atoms with E-state index < -0.39 is 23.7 Å². The number of ketones is 1. The summed E-state index contributed by atoms with van der Waals surface area (Å²) in [6.07, 6.45) is -2.79. The van der Waals surface area contributed by atoms with E-state index in [1.54, 1.807) is 30.3 Å². The summed E-state index contributed by atoms with van der Waals surface area (Å²) in [5, 5.41) is 16.7. The van der Waals surface area contributed by atoms with Crippen molar-refractivity contribution in [3.63, 3.8) is 0 Å². The number of carbonyl (C=O) groups excluding carboxylic acids is 2. The largest absolute Gasteiger partial charge is 0.416 e. The van der Waals surface area contributed by atoms with Gasteiger partial charge in [-0.05, 0) is 52.2 Å². The van der Waals surface area contributed by atoms with Crippen molar-refractivity contribution in [1.82, 2.24) is 30.8 Å². The fraction of sp³-hybridized carbons (Fsp3) is 0.192. The number of nitrogens with zero attached hydrogens (tertiary/aromatic N) is 4. The highest BCUT2D eigenvalue weighted by atomic mass is 19.4. The predicted molar refractivity (Wildman–Crippen MR) is 129 cm³/mol. The Labute approximate surface area is 210 Å². The minimum atomic E-state index is -4.45. The van der Waals surface area contributed by atoms with Gasteiger partial charge < -0.3 is 10.6 Å². The first-order valence-electron chi connectivity index (χ1n) is 11.4. The van der Waals surface area contributed by atoms with Gasteiger partial charge in [0.05, 0.1) is 23.8 Å². The van der Waals surface area contributed by atoms with Gasteiger partial charge in [0.25, 0.3) is 5.91 Å². The first-order chi connectivity index (χ1) is 17.8. The standard InChI is InChI=1S/C26H23F3N6O2/c27-26(28,29)21-10-4-8-19(12-21)15-30-16-24(36)23(13-18-6-2-1-3-7-18)32-25(37)20-9-5-11-22(14-20)35-17-31-33-34-35/h1-12,14,17,23,30H,13,15-16H2,(H,32,37)/t23-/m0/s1. The molecule has 37 heavy (non-hydrogen) atoms. The second-order valence-electron chi connectivity index (χ2n) is 8.29. The number of nitrogens with one attached hydrogen (secondary N) is 2. The van der Waals surface area contributed by atoms with Gasteiger partial charge in [0.2, 0.25) is 0 Å². The molecule has 3 aromatic carbocycles. The molecule has 0 unspecified atom stereocenters. The second-order valence-corrected chi connectivity index (χ2v) is 8.29. The van der Waals surface area contributed by atoms with Crippen molar-refractivity contribution in [3.05, 3.63) is 107 Å². The van der Waals surface area contributed by atoms with Gasteiger partial charge >= 0.3 is 6.18 Å². The Morgan fingerprint density at radius 1 is 0.919 bits per heavy atom. The number of hydrogen-bond donors (Lipinski definition) is 2. The molecule has 2 N–H and O–H groups in total. The number of amides is 1. The highest BCUT2D eigenvalue weighted by Crippen LogP contribution is 2.29. The van der Waals surface area contributed by atoms with Crippen molar-refractivity contribution < 1.29 is 22.8 Å². The van der Waals surface area contributed by atoms with Crippen LogP contribution in [0.4, 0.5) is 13.2 Å². The maximum Gasteiger partial charge on any atom is 0.416 e. The molecule has 4 rings (SSSR count). The summed E-state index contributed by atoms with van der Waals surface area (Å²) in [6.45, 7) is -0.0751. The number of carbonyl (C=O) groups is 2. The van der Waals surface area contributed by atoms with E-state index in [4.69, 9.17) is 0 Å². The molecule has 0 radical (unpaired) electrons. The number of benzene rings is 3. The summed E-state index contributed by atoms with van der Waals surface area (Å²) >= 11 is 0. The minimum Gasteiger partial charge on any atom is -0.342 e. The molecule has 1 atom stereocenters. The number of alkyl halides is 3. The molecule has 1 amide bonds. The smallest absolute Gasteiger partial charge is 0.342 e. The molecule has 0 saturated heterocycles. The van der Waals surface area contributed by atoms with Crippen molar-refractivity contribution in [1.29, 1.82) is 0 Å². The molecule has 0 aliphatic carbocycles. The fourth-order valence-corrected chi connectivity index (χ4v) is 3.72. The van der Waals surface area contributed by atoms with Crippen LogP contribution in [0.5, 0.6) is 0 Å². The molecule has 0 bridgehead atoms. The van der Waals surface area contributed by atoms with Crippen LogP contribution in [-0.4, -0.2) is 44.5 Å². The van der Waals surface area contributed by atoms with Gasteiger partial charge in [-0.25, -0.2) is 4.68 Å². The summed E-state index contributed by atoms with van der Waals surface area (Å²) < 4.78 is 40.3. The summed E-state index contributed by atoms with van der Waals surface area (Å²) in [7, 11) is 0. The number of halogens is 3. The molecular weight excluding hydrogens is 485 g/mol. The zero-order chi connectivity index (χ0) is 26.3. The van der Waals surface area contributed by atoms with Gasteiger partial charge in [-0.3, -0.25) is 9.59 Å². The number of hydrogen-bond acceptors (Lipinski definition) is 6. The molecule has 0 spiro atoms.